The minimum atomic E-state index is -3.80. The molecule has 0 spiro atoms. The van der Waals surface area contributed by atoms with Crippen LogP contribution in [0.15, 0.2) is 83.8 Å². The molecule has 6 heteroatoms. The van der Waals surface area contributed by atoms with Crippen molar-refractivity contribution in [2.75, 3.05) is 4.72 Å². The maximum atomic E-state index is 12.7. The van der Waals surface area contributed by atoms with E-state index in [0.717, 1.165) is 5.56 Å². The van der Waals surface area contributed by atoms with E-state index in [0.29, 0.717) is 23.4 Å². The lowest BCUT2D eigenvalue weighted by molar-refractivity contribution is 0.0950. The lowest BCUT2D eigenvalue weighted by Gasteiger charge is -2.12. The Labute approximate surface area is 159 Å². The summed E-state index contributed by atoms with van der Waals surface area (Å²) in [6.45, 7) is 2.07. The second kappa shape index (κ2) is 8.05. The van der Waals surface area contributed by atoms with Gasteiger partial charge in [-0.1, -0.05) is 54.6 Å². The van der Waals surface area contributed by atoms with Crippen LogP contribution in [0.3, 0.4) is 0 Å². The van der Waals surface area contributed by atoms with Gasteiger partial charge in [0, 0.05) is 17.8 Å². The van der Waals surface area contributed by atoms with Crippen LogP contribution in [-0.2, 0) is 16.6 Å². The van der Waals surface area contributed by atoms with Crippen LogP contribution in [0, 0.1) is 6.92 Å². The van der Waals surface area contributed by atoms with Gasteiger partial charge in [-0.05, 0) is 42.3 Å². The molecule has 0 fully saturated rings. The molecule has 3 aromatic rings. The topological polar surface area (TPSA) is 75.3 Å². The molecule has 0 unspecified atom stereocenters. The fourth-order valence-corrected chi connectivity index (χ4v) is 3.96. The lowest BCUT2D eigenvalue weighted by atomic mass is 10.1. The van der Waals surface area contributed by atoms with E-state index in [-0.39, 0.29) is 10.8 Å². The Morgan fingerprint density at radius 1 is 0.889 bits per heavy atom. The van der Waals surface area contributed by atoms with E-state index in [4.69, 9.17) is 0 Å². The average molecular weight is 380 g/mol. The first kappa shape index (κ1) is 18.7. The van der Waals surface area contributed by atoms with Gasteiger partial charge in [0.1, 0.15) is 0 Å². The third kappa shape index (κ3) is 4.74. The molecule has 0 atom stereocenters. The van der Waals surface area contributed by atoms with Gasteiger partial charge in [-0.3, -0.25) is 9.52 Å². The Kier molecular flexibility index (Phi) is 5.57. The van der Waals surface area contributed by atoms with E-state index in [1.54, 1.807) is 49.4 Å². The molecule has 0 aliphatic heterocycles. The minimum Gasteiger partial charge on any atom is -0.348 e. The summed E-state index contributed by atoms with van der Waals surface area (Å²) in [4.78, 5) is 12.5. The van der Waals surface area contributed by atoms with Crippen LogP contribution in [0.2, 0.25) is 0 Å². The van der Waals surface area contributed by atoms with Gasteiger partial charge in [0.05, 0.1) is 4.90 Å². The fraction of sp³-hybridized carbons (Fsp3) is 0.0952. The summed E-state index contributed by atoms with van der Waals surface area (Å²) in [6, 6.07) is 22.8. The SMILES string of the molecule is Cc1ccc(C(=O)NCc2ccccc2)cc1S(=O)(=O)Nc1ccccc1. The standard InChI is InChI=1S/C21H20N2O3S/c1-16-12-13-18(21(24)22-15-17-8-4-2-5-9-17)14-20(16)27(25,26)23-19-10-6-3-7-11-19/h2-14,23H,15H2,1H3,(H,22,24). The molecule has 0 heterocycles. The number of rotatable bonds is 6. The van der Waals surface area contributed by atoms with Crippen molar-refractivity contribution in [2.24, 2.45) is 0 Å². The number of sulfonamides is 1. The first-order valence-corrected chi connectivity index (χ1v) is 9.95. The first-order chi connectivity index (χ1) is 13.0. The fourth-order valence-electron chi connectivity index (χ4n) is 2.63. The molecule has 3 rings (SSSR count). The molecular weight excluding hydrogens is 360 g/mol. The lowest BCUT2D eigenvalue weighted by Crippen LogP contribution is -2.23. The molecule has 1 amide bonds. The van der Waals surface area contributed by atoms with Crippen molar-refractivity contribution in [1.82, 2.24) is 5.32 Å². The number of amides is 1. The molecule has 0 saturated carbocycles. The zero-order chi connectivity index (χ0) is 19.3. The van der Waals surface area contributed by atoms with Crippen molar-refractivity contribution >= 4 is 21.6 Å². The van der Waals surface area contributed by atoms with Gasteiger partial charge in [0.15, 0.2) is 0 Å². The molecular formula is C21H20N2O3S. The second-order valence-electron chi connectivity index (χ2n) is 6.12. The van der Waals surface area contributed by atoms with Gasteiger partial charge in [0.25, 0.3) is 15.9 Å². The summed E-state index contributed by atoms with van der Waals surface area (Å²) < 4.78 is 28.0. The molecule has 138 valence electrons. The molecule has 0 radical (unpaired) electrons. The number of anilines is 1. The van der Waals surface area contributed by atoms with Crippen LogP contribution in [0.4, 0.5) is 5.69 Å². The Balaban J connectivity index is 1.80. The van der Waals surface area contributed by atoms with Gasteiger partial charge >= 0.3 is 0 Å². The Morgan fingerprint density at radius 2 is 1.52 bits per heavy atom. The third-order valence-corrected chi connectivity index (χ3v) is 5.59. The molecule has 3 aromatic carbocycles. The average Bonchev–Trinajstić information content (AvgIpc) is 2.67. The molecule has 0 bridgehead atoms. The van der Waals surface area contributed by atoms with Crippen LogP contribution in [-0.4, -0.2) is 14.3 Å². The van der Waals surface area contributed by atoms with Crippen molar-refractivity contribution in [3.8, 4) is 0 Å². The number of hydrogen-bond donors (Lipinski definition) is 2. The molecule has 0 saturated heterocycles. The zero-order valence-corrected chi connectivity index (χ0v) is 15.7. The van der Waals surface area contributed by atoms with Crippen molar-refractivity contribution in [1.29, 1.82) is 0 Å². The first-order valence-electron chi connectivity index (χ1n) is 8.46. The molecule has 5 nitrogen and oxygen atoms in total. The van der Waals surface area contributed by atoms with Crippen molar-refractivity contribution in [3.05, 3.63) is 95.6 Å². The zero-order valence-electron chi connectivity index (χ0n) is 14.8. The van der Waals surface area contributed by atoms with Gasteiger partial charge in [-0.2, -0.15) is 0 Å². The normalized spacial score (nSPS) is 11.0. The highest BCUT2D eigenvalue weighted by molar-refractivity contribution is 7.92. The number of aryl methyl sites for hydroxylation is 1. The van der Waals surface area contributed by atoms with Gasteiger partial charge < -0.3 is 5.32 Å². The summed E-state index contributed by atoms with van der Waals surface area (Å²) in [5.41, 5.74) is 2.30. The maximum absolute atomic E-state index is 12.7. The second-order valence-corrected chi connectivity index (χ2v) is 7.77. The van der Waals surface area contributed by atoms with Crippen LogP contribution in [0.1, 0.15) is 21.5 Å². The van der Waals surface area contributed by atoms with E-state index in [1.165, 1.54) is 6.07 Å². The highest BCUT2D eigenvalue weighted by atomic mass is 32.2. The molecule has 27 heavy (non-hydrogen) atoms. The van der Waals surface area contributed by atoms with Crippen LogP contribution < -0.4 is 10.0 Å². The highest BCUT2D eigenvalue weighted by Gasteiger charge is 2.19. The van der Waals surface area contributed by atoms with E-state index < -0.39 is 10.0 Å². The predicted molar refractivity (Wildman–Crippen MR) is 106 cm³/mol. The largest absolute Gasteiger partial charge is 0.348 e. The van der Waals surface area contributed by atoms with Crippen molar-refractivity contribution in [3.63, 3.8) is 0 Å². The van der Waals surface area contributed by atoms with E-state index in [9.17, 15) is 13.2 Å². The summed E-state index contributed by atoms with van der Waals surface area (Å²) in [6.07, 6.45) is 0. The van der Waals surface area contributed by atoms with Crippen LogP contribution in [0.25, 0.3) is 0 Å². The highest BCUT2D eigenvalue weighted by Crippen LogP contribution is 2.21. The minimum absolute atomic E-state index is 0.0821. The quantitative estimate of drug-likeness (QED) is 0.684. The predicted octanol–water partition coefficient (Wildman–Crippen LogP) is 3.73. The summed E-state index contributed by atoms with van der Waals surface area (Å²) in [5.74, 6) is -0.324. The monoisotopic (exact) mass is 380 g/mol. The summed E-state index contributed by atoms with van der Waals surface area (Å²) >= 11 is 0. The summed E-state index contributed by atoms with van der Waals surface area (Å²) in [7, 11) is -3.80. The molecule has 0 aromatic heterocycles. The number of benzene rings is 3. The van der Waals surface area contributed by atoms with E-state index in [1.807, 2.05) is 30.3 Å². The van der Waals surface area contributed by atoms with E-state index >= 15 is 0 Å². The maximum Gasteiger partial charge on any atom is 0.262 e. The van der Waals surface area contributed by atoms with E-state index in [2.05, 4.69) is 10.0 Å². The third-order valence-electron chi connectivity index (χ3n) is 4.06. The van der Waals surface area contributed by atoms with Crippen LogP contribution >= 0.6 is 0 Å². The molecule has 2 N–H and O–H groups in total. The number of hydrogen-bond acceptors (Lipinski definition) is 3. The molecule has 0 aliphatic carbocycles. The number of para-hydroxylation sites is 1. The van der Waals surface area contributed by atoms with Gasteiger partial charge in [-0.25, -0.2) is 8.42 Å². The number of carbonyl (C=O) groups excluding carboxylic acids is 1. The summed E-state index contributed by atoms with van der Waals surface area (Å²) in [5, 5.41) is 2.81. The van der Waals surface area contributed by atoms with Gasteiger partial charge in [-0.15, -0.1) is 0 Å². The van der Waals surface area contributed by atoms with Crippen LogP contribution in [0.5, 0.6) is 0 Å². The number of carbonyl (C=O) groups is 1. The van der Waals surface area contributed by atoms with Crippen molar-refractivity contribution in [2.45, 2.75) is 18.4 Å². The molecule has 0 aliphatic rings. The Bertz CT molecular complexity index is 1030. The number of nitrogens with one attached hydrogen (secondary N) is 2. The van der Waals surface area contributed by atoms with Gasteiger partial charge in [0.2, 0.25) is 0 Å². The van der Waals surface area contributed by atoms with Crippen molar-refractivity contribution < 1.29 is 13.2 Å². The Hall–Kier alpha value is -3.12. The Morgan fingerprint density at radius 3 is 2.19 bits per heavy atom. The smallest absolute Gasteiger partial charge is 0.262 e.